The van der Waals surface area contributed by atoms with E-state index in [-0.39, 0.29) is 23.5 Å². The van der Waals surface area contributed by atoms with Crippen molar-refractivity contribution in [2.75, 3.05) is 0 Å². The van der Waals surface area contributed by atoms with E-state index in [1.807, 2.05) is 0 Å². The first-order valence-corrected chi connectivity index (χ1v) is 6.27. The summed E-state index contributed by atoms with van der Waals surface area (Å²) < 4.78 is 14.2. The van der Waals surface area contributed by atoms with Gasteiger partial charge in [-0.3, -0.25) is 4.79 Å². The Balaban J connectivity index is 2.11. The summed E-state index contributed by atoms with van der Waals surface area (Å²) in [5.41, 5.74) is -0.273. The number of hydrogen-bond donors (Lipinski definition) is 3. The minimum atomic E-state index is -1.29. The van der Waals surface area contributed by atoms with Gasteiger partial charge in [0.2, 0.25) is 0 Å². The first-order chi connectivity index (χ1) is 9.49. The molecule has 1 heterocycles. The fourth-order valence-corrected chi connectivity index (χ4v) is 1.98. The molecule has 2 aromatic rings. The van der Waals surface area contributed by atoms with E-state index in [1.54, 1.807) is 0 Å². The molecule has 1 aromatic carbocycles. The van der Waals surface area contributed by atoms with E-state index in [0.717, 1.165) is 6.33 Å². The summed E-state index contributed by atoms with van der Waals surface area (Å²) in [5, 5.41) is 11.3. The van der Waals surface area contributed by atoms with Crippen LogP contribution in [0.1, 0.15) is 26.5 Å². The Morgan fingerprint density at radius 1 is 1.45 bits per heavy atom. The van der Waals surface area contributed by atoms with Crippen LogP contribution in [0.2, 0.25) is 0 Å². The van der Waals surface area contributed by atoms with Gasteiger partial charge in [0, 0.05) is 16.6 Å². The maximum Gasteiger partial charge on any atom is 0.354 e. The molecule has 1 aromatic heterocycles. The van der Waals surface area contributed by atoms with Gasteiger partial charge in [-0.2, -0.15) is 0 Å². The van der Waals surface area contributed by atoms with Crippen LogP contribution in [0.25, 0.3) is 0 Å². The van der Waals surface area contributed by atoms with Crippen LogP contribution >= 0.6 is 15.9 Å². The molecule has 0 spiro atoms. The quantitative estimate of drug-likeness (QED) is 0.791. The van der Waals surface area contributed by atoms with E-state index in [0.29, 0.717) is 4.47 Å². The Hall–Kier alpha value is -2.22. The van der Waals surface area contributed by atoms with Crippen LogP contribution in [0.4, 0.5) is 4.39 Å². The lowest BCUT2D eigenvalue weighted by Gasteiger charge is -2.06. The number of nitrogens with zero attached hydrogens (tertiary/aromatic N) is 1. The molecule has 104 valence electrons. The molecule has 1 amide bonds. The molecule has 0 bridgehead atoms. The first-order valence-electron chi connectivity index (χ1n) is 5.48. The SMILES string of the molecule is O=C(NCc1cc(Br)ccc1F)c1nc[nH]c1C(=O)O. The molecule has 0 aliphatic carbocycles. The maximum atomic E-state index is 13.5. The predicted octanol–water partition coefficient (Wildman–Crippen LogP) is 1.94. The van der Waals surface area contributed by atoms with E-state index in [4.69, 9.17) is 5.11 Å². The second-order valence-corrected chi connectivity index (χ2v) is 4.77. The number of aromatic amines is 1. The van der Waals surface area contributed by atoms with Crippen molar-refractivity contribution in [3.8, 4) is 0 Å². The fraction of sp³-hybridized carbons (Fsp3) is 0.0833. The fourth-order valence-electron chi connectivity index (χ4n) is 1.57. The number of imidazole rings is 1. The van der Waals surface area contributed by atoms with Crippen LogP contribution in [0.15, 0.2) is 29.0 Å². The van der Waals surface area contributed by atoms with Crippen molar-refractivity contribution in [1.29, 1.82) is 0 Å². The normalized spacial score (nSPS) is 10.3. The minimum absolute atomic E-state index is 0.0734. The molecule has 6 nitrogen and oxygen atoms in total. The van der Waals surface area contributed by atoms with Crippen LogP contribution in [-0.2, 0) is 6.54 Å². The number of benzene rings is 1. The van der Waals surface area contributed by atoms with Gasteiger partial charge in [-0.15, -0.1) is 0 Å². The predicted molar refractivity (Wildman–Crippen MR) is 70.8 cm³/mol. The summed E-state index contributed by atoms with van der Waals surface area (Å²) >= 11 is 3.20. The summed E-state index contributed by atoms with van der Waals surface area (Å²) in [7, 11) is 0. The number of carboxylic acids is 1. The number of hydrogen-bond acceptors (Lipinski definition) is 3. The molecular weight excluding hydrogens is 333 g/mol. The molecule has 0 saturated heterocycles. The Kier molecular flexibility index (Phi) is 4.14. The maximum absolute atomic E-state index is 13.5. The molecule has 8 heteroatoms. The molecule has 20 heavy (non-hydrogen) atoms. The summed E-state index contributed by atoms with van der Waals surface area (Å²) in [4.78, 5) is 28.6. The highest BCUT2D eigenvalue weighted by atomic mass is 79.9. The highest BCUT2D eigenvalue weighted by Gasteiger charge is 2.19. The van der Waals surface area contributed by atoms with Crippen molar-refractivity contribution in [3.05, 3.63) is 51.8 Å². The highest BCUT2D eigenvalue weighted by molar-refractivity contribution is 9.10. The summed E-state index contributed by atoms with van der Waals surface area (Å²) in [6.07, 6.45) is 1.11. The van der Waals surface area contributed by atoms with Gasteiger partial charge >= 0.3 is 5.97 Å². The third kappa shape index (κ3) is 3.02. The van der Waals surface area contributed by atoms with Gasteiger partial charge in [-0.1, -0.05) is 15.9 Å². The van der Waals surface area contributed by atoms with Crippen molar-refractivity contribution in [2.45, 2.75) is 6.54 Å². The van der Waals surface area contributed by atoms with Crippen molar-refractivity contribution in [2.24, 2.45) is 0 Å². The second kappa shape index (κ2) is 5.83. The number of nitrogens with one attached hydrogen (secondary N) is 2. The molecular formula is C12H9BrFN3O3. The van der Waals surface area contributed by atoms with E-state index in [9.17, 15) is 14.0 Å². The topological polar surface area (TPSA) is 95.1 Å². The number of carboxylic acid groups (broad SMARTS) is 1. The molecule has 2 rings (SSSR count). The van der Waals surface area contributed by atoms with Crippen LogP contribution in [0, 0.1) is 5.82 Å². The zero-order valence-corrected chi connectivity index (χ0v) is 11.6. The van der Waals surface area contributed by atoms with Crippen LogP contribution < -0.4 is 5.32 Å². The van der Waals surface area contributed by atoms with Crippen LogP contribution in [0.5, 0.6) is 0 Å². The summed E-state index contributed by atoms with van der Waals surface area (Å²) in [6.45, 7) is -0.0734. The van der Waals surface area contributed by atoms with E-state index in [1.165, 1.54) is 18.2 Å². The molecule has 0 fully saturated rings. The summed E-state index contributed by atoms with van der Waals surface area (Å²) in [6, 6.07) is 4.33. The summed E-state index contributed by atoms with van der Waals surface area (Å²) in [5.74, 6) is -2.45. The average molecular weight is 342 g/mol. The molecule has 0 aliphatic heterocycles. The lowest BCUT2D eigenvalue weighted by Crippen LogP contribution is -2.25. The third-order valence-electron chi connectivity index (χ3n) is 2.52. The number of carbonyl (C=O) groups is 2. The Bertz CT molecular complexity index is 672. The number of halogens is 2. The number of rotatable bonds is 4. The van der Waals surface area contributed by atoms with Gasteiger partial charge in [-0.05, 0) is 18.2 Å². The van der Waals surface area contributed by atoms with Crippen LogP contribution in [-0.4, -0.2) is 27.0 Å². The number of amides is 1. The van der Waals surface area contributed by atoms with Gasteiger partial charge in [-0.25, -0.2) is 14.2 Å². The largest absolute Gasteiger partial charge is 0.477 e. The molecule has 0 unspecified atom stereocenters. The smallest absolute Gasteiger partial charge is 0.354 e. The Morgan fingerprint density at radius 3 is 2.90 bits per heavy atom. The Labute approximate surface area is 121 Å². The van der Waals surface area contributed by atoms with Gasteiger partial charge < -0.3 is 15.4 Å². The first kappa shape index (κ1) is 14.2. The lowest BCUT2D eigenvalue weighted by atomic mass is 10.2. The van der Waals surface area contributed by atoms with Crippen LogP contribution in [0.3, 0.4) is 0 Å². The number of H-pyrrole nitrogens is 1. The highest BCUT2D eigenvalue weighted by Crippen LogP contribution is 2.15. The lowest BCUT2D eigenvalue weighted by molar-refractivity contribution is 0.0685. The number of aromatic carboxylic acids is 1. The number of carbonyl (C=O) groups excluding carboxylic acids is 1. The van der Waals surface area contributed by atoms with Crippen molar-refractivity contribution >= 4 is 27.8 Å². The van der Waals surface area contributed by atoms with E-state index < -0.39 is 17.7 Å². The minimum Gasteiger partial charge on any atom is -0.477 e. The van der Waals surface area contributed by atoms with Crippen molar-refractivity contribution in [1.82, 2.24) is 15.3 Å². The zero-order valence-electron chi connectivity index (χ0n) is 9.98. The average Bonchev–Trinajstić information content (AvgIpc) is 2.89. The van der Waals surface area contributed by atoms with Crippen molar-refractivity contribution < 1.29 is 19.1 Å². The molecule has 3 N–H and O–H groups in total. The number of aromatic nitrogens is 2. The van der Waals surface area contributed by atoms with E-state index >= 15 is 0 Å². The van der Waals surface area contributed by atoms with Crippen molar-refractivity contribution in [3.63, 3.8) is 0 Å². The Morgan fingerprint density at radius 2 is 2.20 bits per heavy atom. The van der Waals surface area contributed by atoms with Gasteiger partial charge in [0.15, 0.2) is 11.4 Å². The molecule has 0 aliphatic rings. The third-order valence-corrected chi connectivity index (χ3v) is 3.01. The van der Waals surface area contributed by atoms with E-state index in [2.05, 4.69) is 31.2 Å². The van der Waals surface area contributed by atoms with Gasteiger partial charge in [0.05, 0.1) is 6.33 Å². The van der Waals surface area contributed by atoms with Gasteiger partial charge in [0.1, 0.15) is 5.82 Å². The second-order valence-electron chi connectivity index (χ2n) is 3.85. The standard InChI is InChI=1S/C12H9BrFN3O3/c13-7-1-2-8(14)6(3-7)4-15-11(18)9-10(12(19)20)17-5-16-9/h1-3,5H,4H2,(H,15,18)(H,16,17)(H,19,20). The monoisotopic (exact) mass is 341 g/mol. The van der Waals surface area contributed by atoms with Gasteiger partial charge in [0.25, 0.3) is 5.91 Å². The molecule has 0 saturated carbocycles. The molecule has 0 atom stereocenters. The zero-order chi connectivity index (χ0) is 14.7. The molecule has 0 radical (unpaired) electrons.